The van der Waals surface area contributed by atoms with Crippen molar-refractivity contribution in [3.8, 4) is 11.5 Å². The Kier molecular flexibility index (Phi) is 4.04. The Balaban J connectivity index is 1.26. The van der Waals surface area contributed by atoms with Crippen molar-refractivity contribution < 1.29 is 9.32 Å². The molecule has 6 rings (SSSR count). The van der Waals surface area contributed by atoms with Crippen LogP contribution in [0.5, 0.6) is 0 Å². The normalized spacial score (nSPS) is 16.6. The minimum absolute atomic E-state index is 0.0919. The molecule has 4 aromatic rings. The second kappa shape index (κ2) is 6.81. The Morgan fingerprint density at radius 2 is 2.10 bits per heavy atom. The lowest BCUT2D eigenvalue weighted by Gasteiger charge is -2.38. The highest BCUT2D eigenvalue weighted by molar-refractivity contribution is 6.29. The fourth-order valence-electron chi connectivity index (χ4n) is 4.18. The van der Waals surface area contributed by atoms with Gasteiger partial charge in [0.25, 0.3) is 11.8 Å². The molecule has 0 aliphatic carbocycles. The lowest BCUT2D eigenvalue weighted by Crippen LogP contribution is -2.50. The standard InChI is InChI=1S/C20H19ClN8O2/c1-12(30)27-9-15(10-27)29-16-6-13(2-3-14(16)7-23-29)19-24-20(25-31-19)26-4-5-28-17(21)8-22-18(28)11-26/h2-3,6-8,15H,4-5,9-11H2,1H3. The molecule has 158 valence electrons. The molecule has 0 radical (unpaired) electrons. The number of halogens is 1. The molecule has 0 unspecified atom stereocenters. The number of carbonyl (C=O) groups is 1. The number of rotatable bonds is 3. The van der Waals surface area contributed by atoms with Crippen LogP contribution in [0.2, 0.25) is 5.15 Å². The summed E-state index contributed by atoms with van der Waals surface area (Å²) < 4.78 is 9.54. The first-order valence-electron chi connectivity index (χ1n) is 10.1. The van der Waals surface area contributed by atoms with Crippen molar-refractivity contribution >= 4 is 34.4 Å². The molecule has 11 heteroatoms. The van der Waals surface area contributed by atoms with Crippen molar-refractivity contribution in [1.29, 1.82) is 0 Å². The van der Waals surface area contributed by atoms with E-state index < -0.39 is 0 Å². The first-order valence-corrected chi connectivity index (χ1v) is 10.5. The molecule has 2 aliphatic rings. The second-order valence-electron chi connectivity index (χ2n) is 7.91. The lowest BCUT2D eigenvalue weighted by molar-refractivity contribution is -0.134. The quantitative estimate of drug-likeness (QED) is 0.484. The highest BCUT2D eigenvalue weighted by Gasteiger charge is 2.31. The Bertz CT molecular complexity index is 1300. The van der Waals surface area contributed by atoms with Crippen molar-refractivity contribution in [2.45, 2.75) is 26.1 Å². The molecule has 0 atom stereocenters. The summed E-state index contributed by atoms with van der Waals surface area (Å²) in [6.07, 6.45) is 3.51. The van der Waals surface area contributed by atoms with Crippen LogP contribution in [0.25, 0.3) is 22.4 Å². The zero-order valence-corrected chi connectivity index (χ0v) is 17.5. The maximum atomic E-state index is 11.5. The Labute approximate surface area is 182 Å². The van der Waals surface area contributed by atoms with E-state index in [0.717, 1.165) is 35.4 Å². The molecule has 5 heterocycles. The predicted octanol–water partition coefficient (Wildman–Crippen LogP) is 2.36. The third-order valence-electron chi connectivity index (χ3n) is 6.01. The number of carbonyl (C=O) groups excluding carboxylic acids is 1. The summed E-state index contributed by atoms with van der Waals surface area (Å²) in [5.74, 6) is 1.96. The van der Waals surface area contributed by atoms with E-state index in [1.165, 1.54) is 0 Å². The molecule has 1 saturated heterocycles. The van der Waals surface area contributed by atoms with Gasteiger partial charge in [0.05, 0.1) is 30.5 Å². The van der Waals surface area contributed by atoms with Gasteiger partial charge in [-0.05, 0) is 17.3 Å². The average molecular weight is 439 g/mol. The van der Waals surface area contributed by atoms with Gasteiger partial charge in [0.1, 0.15) is 11.0 Å². The van der Waals surface area contributed by atoms with Crippen LogP contribution in [0.4, 0.5) is 5.95 Å². The highest BCUT2D eigenvalue weighted by Crippen LogP contribution is 2.30. The topological polar surface area (TPSA) is 98.1 Å². The lowest BCUT2D eigenvalue weighted by atomic mass is 10.1. The van der Waals surface area contributed by atoms with Crippen LogP contribution in [0, 0.1) is 0 Å². The minimum Gasteiger partial charge on any atom is -0.339 e. The molecule has 31 heavy (non-hydrogen) atoms. The van der Waals surface area contributed by atoms with E-state index in [4.69, 9.17) is 16.1 Å². The Morgan fingerprint density at radius 3 is 2.94 bits per heavy atom. The number of anilines is 1. The van der Waals surface area contributed by atoms with Crippen molar-refractivity contribution in [3.05, 3.63) is 41.6 Å². The highest BCUT2D eigenvalue weighted by atomic mass is 35.5. The zero-order chi connectivity index (χ0) is 21.1. The third-order valence-corrected chi connectivity index (χ3v) is 6.31. The number of amides is 1. The molecule has 10 nitrogen and oxygen atoms in total. The van der Waals surface area contributed by atoms with Gasteiger partial charge in [-0.3, -0.25) is 9.48 Å². The van der Waals surface area contributed by atoms with E-state index in [-0.39, 0.29) is 11.9 Å². The molecule has 1 aromatic carbocycles. The number of benzene rings is 1. The monoisotopic (exact) mass is 438 g/mol. The van der Waals surface area contributed by atoms with Crippen molar-refractivity contribution in [3.63, 3.8) is 0 Å². The number of likely N-dealkylation sites (tertiary alicyclic amines) is 1. The number of imidazole rings is 1. The minimum atomic E-state index is 0.0919. The largest absolute Gasteiger partial charge is 0.339 e. The molecule has 2 aliphatic heterocycles. The molecule has 0 spiro atoms. The van der Waals surface area contributed by atoms with Gasteiger partial charge in [-0.2, -0.15) is 10.1 Å². The molecular weight excluding hydrogens is 420 g/mol. The van der Waals surface area contributed by atoms with Crippen LogP contribution in [-0.4, -0.2) is 59.9 Å². The van der Waals surface area contributed by atoms with Crippen LogP contribution in [-0.2, 0) is 17.9 Å². The molecule has 0 bridgehead atoms. The van der Waals surface area contributed by atoms with Crippen molar-refractivity contribution in [2.75, 3.05) is 24.5 Å². The van der Waals surface area contributed by atoms with E-state index in [1.807, 2.05) is 43.4 Å². The smallest absolute Gasteiger partial charge is 0.266 e. The van der Waals surface area contributed by atoms with Gasteiger partial charge in [-0.15, -0.1) is 0 Å². The van der Waals surface area contributed by atoms with Gasteiger partial charge in [-0.1, -0.05) is 17.7 Å². The van der Waals surface area contributed by atoms with Gasteiger partial charge in [0.2, 0.25) is 5.91 Å². The van der Waals surface area contributed by atoms with E-state index in [1.54, 1.807) is 13.1 Å². The fourth-order valence-corrected chi connectivity index (χ4v) is 4.41. The zero-order valence-electron chi connectivity index (χ0n) is 16.8. The molecule has 3 aromatic heterocycles. The van der Waals surface area contributed by atoms with Crippen LogP contribution in [0.1, 0.15) is 18.8 Å². The van der Waals surface area contributed by atoms with Crippen LogP contribution < -0.4 is 4.90 Å². The molecule has 0 N–H and O–H groups in total. The summed E-state index contributed by atoms with van der Waals surface area (Å²) in [6, 6.07) is 6.15. The molecule has 1 fully saturated rings. The predicted molar refractivity (Wildman–Crippen MR) is 113 cm³/mol. The summed E-state index contributed by atoms with van der Waals surface area (Å²) in [4.78, 5) is 24.3. The van der Waals surface area contributed by atoms with Gasteiger partial charge >= 0.3 is 0 Å². The Hall–Kier alpha value is -3.40. The molecular formula is C20H19ClN8O2. The fraction of sp³-hybridized carbons (Fsp3) is 0.350. The van der Waals surface area contributed by atoms with E-state index >= 15 is 0 Å². The molecule has 1 amide bonds. The van der Waals surface area contributed by atoms with Gasteiger partial charge < -0.3 is 18.9 Å². The first-order chi connectivity index (χ1) is 15.1. The average Bonchev–Trinajstić information content (AvgIpc) is 3.45. The maximum Gasteiger partial charge on any atom is 0.266 e. The SMILES string of the molecule is CC(=O)N1CC(n2ncc3ccc(-c4nc(N5CCn6c(Cl)cnc6C5)no4)cc32)C1. The number of aromatic nitrogens is 6. The van der Waals surface area contributed by atoms with E-state index in [9.17, 15) is 4.79 Å². The number of fused-ring (bicyclic) bond motifs is 2. The van der Waals surface area contributed by atoms with Crippen LogP contribution in [0.15, 0.2) is 35.1 Å². The Morgan fingerprint density at radius 1 is 1.23 bits per heavy atom. The number of hydrogen-bond donors (Lipinski definition) is 0. The van der Waals surface area contributed by atoms with E-state index in [0.29, 0.717) is 36.6 Å². The van der Waals surface area contributed by atoms with E-state index in [2.05, 4.69) is 20.2 Å². The summed E-state index contributed by atoms with van der Waals surface area (Å²) in [5, 5.41) is 10.4. The van der Waals surface area contributed by atoms with Crippen molar-refractivity contribution in [1.82, 2.24) is 34.4 Å². The maximum absolute atomic E-state index is 11.5. The third kappa shape index (κ3) is 2.97. The first kappa shape index (κ1) is 18.4. The van der Waals surface area contributed by atoms with Gasteiger partial charge in [-0.25, -0.2) is 4.98 Å². The summed E-state index contributed by atoms with van der Waals surface area (Å²) >= 11 is 6.15. The second-order valence-corrected chi connectivity index (χ2v) is 8.30. The van der Waals surface area contributed by atoms with Gasteiger partial charge in [0, 0.05) is 44.1 Å². The van der Waals surface area contributed by atoms with Crippen LogP contribution in [0.3, 0.4) is 0 Å². The number of nitrogens with zero attached hydrogens (tertiary/aromatic N) is 8. The summed E-state index contributed by atoms with van der Waals surface area (Å²) in [5.41, 5.74) is 1.82. The number of hydrogen-bond acceptors (Lipinski definition) is 7. The van der Waals surface area contributed by atoms with Gasteiger partial charge in [0.15, 0.2) is 0 Å². The van der Waals surface area contributed by atoms with Crippen LogP contribution >= 0.6 is 11.6 Å². The summed E-state index contributed by atoms with van der Waals surface area (Å²) in [6.45, 7) is 4.97. The summed E-state index contributed by atoms with van der Waals surface area (Å²) in [7, 11) is 0. The molecule has 0 saturated carbocycles. The van der Waals surface area contributed by atoms with Crippen molar-refractivity contribution in [2.24, 2.45) is 0 Å².